The molecule has 15 nitrogen and oxygen atoms in total. The Morgan fingerprint density at radius 3 is 2.37 bits per heavy atom. The molecule has 0 aliphatic carbocycles. The minimum Gasteiger partial charge on any atom is -0.481 e. The van der Waals surface area contributed by atoms with Gasteiger partial charge in [-0.05, 0) is 51.3 Å². The number of carbonyl (C=O) groups excluding carboxylic acids is 4. The van der Waals surface area contributed by atoms with Crippen molar-refractivity contribution in [3.05, 3.63) is 39.9 Å². The lowest BCUT2D eigenvalue weighted by atomic mass is 9.92. The number of piperidine rings is 1. The van der Waals surface area contributed by atoms with Gasteiger partial charge in [0.1, 0.15) is 22.6 Å². The summed E-state index contributed by atoms with van der Waals surface area (Å²) in [5, 5.41) is 17.4. The largest absolute Gasteiger partial charge is 0.481 e. The summed E-state index contributed by atoms with van der Waals surface area (Å²) >= 11 is 1.15. The van der Waals surface area contributed by atoms with Crippen LogP contribution in [-0.2, 0) is 35.1 Å². The van der Waals surface area contributed by atoms with Crippen LogP contribution in [0.15, 0.2) is 17.8 Å². The molecular weight excluding hydrogens is 691 g/mol. The molecule has 0 radical (unpaired) electrons. The van der Waals surface area contributed by atoms with E-state index in [2.05, 4.69) is 25.6 Å². The van der Waals surface area contributed by atoms with E-state index in [9.17, 15) is 29.1 Å². The summed E-state index contributed by atoms with van der Waals surface area (Å²) in [6, 6.07) is -2.08. The van der Waals surface area contributed by atoms with Gasteiger partial charge in [-0.2, -0.15) is 0 Å². The minimum atomic E-state index is -0.987. The second kappa shape index (κ2) is 18.6. The zero-order chi connectivity index (χ0) is 38.1. The molecule has 2 aliphatic rings. The Morgan fingerprint density at radius 2 is 1.79 bits per heavy atom. The topological polar surface area (TPSA) is 193 Å². The Morgan fingerprint density at radius 1 is 1.10 bits per heavy atom. The number of esters is 1. The Hall–Kier alpha value is -4.02. The van der Waals surface area contributed by atoms with E-state index in [0.29, 0.717) is 24.0 Å². The molecule has 0 spiro atoms. The predicted molar refractivity (Wildman–Crippen MR) is 192 cm³/mol. The molecule has 16 heteroatoms. The molecule has 2 aromatic rings. The standard InChI is InChI=1S/C36H53N7O8S/c1-20(2)28(43(7)35(47)31(24-17-50-18-24)41-33(46)27-10-8-9-11-42(27)6)14-29(51-23(5)44)34-40-26(19-52-34)32(45)39-25(12-22(4)36(48)49)13-30-37-15-21(3)16-38-30/h15-16,19-20,22,24-25,27-29,31H,8-14,17-18H2,1-7H3,(H,39,45)(H,41,46)(H,48,49)/t22-,25+,27+,28+,29+,31-/m0/s1. The first-order chi connectivity index (χ1) is 24.6. The fourth-order valence-electron chi connectivity index (χ4n) is 6.63. The molecule has 3 amide bonds. The molecule has 0 aromatic carbocycles. The van der Waals surface area contributed by atoms with Crippen LogP contribution in [0.2, 0.25) is 0 Å². The van der Waals surface area contributed by atoms with Crippen LogP contribution in [0.3, 0.4) is 0 Å². The van der Waals surface area contributed by atoms with Crippen molar-refractivity contribution in [1.29, 1.82) is 0 Å². The van der Waals surface area contributed by atoms with Crippen LogP contribution in [0.5, 0.6) is 0 Å². The number of aromatic nitrogens is 3. The van der Waals surface area contributed by atoms with Gasteiger partial charge in [0.25, 0.3) is 5.91 Å². The number of rotatable bonds is 17. The van der Waals surface area contributed by atoms with Gasteiger partial charge in [-0.15, -0.1) is 11.3 Å². The molecule has 2 aromatic heterocycles. The average molecular weight is 744 g/mol. The number of likely N-dealkylation sites (tertiary alicyclic amines) is 1. The summed E-state index contributed by atoms with van der Waals surface area (Å²) in [5.74, 6) is -2.97. The molecule has 4 rings (SSSR count). The molecule has 0 unspecified atom stereocenters. The second-order valence-corrected chi connectivity index (χ2v) is 15.4. The highest BCUT2D eigenvalue weighted by Gasteiger charge is 2.41. The Balaban J connectivity index is 1.50. The summed E-state index contributed by atoms with van der Waals surface area (Å²) in [5.41, 5.74) is 0.957. The third-order valence-corrected chi connectivity index (χ3v) is 10.8. The molecule has 2 saturated heterocycles. The lowest BCUT2D eigenvalue weighted by Gasteiger charge is -2.40. The molecule has 2 fully saturated rings. The summed E-state index contributed by atoms with van der Waals surface area (Å²) < 4.78 is 11.2. The first kappa shape index (κ1) is 40.7. The lowest BCUT2D eigenvalue weighted by Crippen LogP contribution is -2.61. The number of thiazole rings is 1. The highest BCUT2D eigenvalue weighted by atomic mass is 32.1. The summed E-state index contributed by atoms with van der Waals surface area (Å²) in [7, 11) is 3.62. The number of carboxylic acids is 1. The van der Waals surface area contributed by atoms with E-state index < -0.39 is 48.0 Å². The Bertz CT molecular complexity index is 1550. The van der Waals surface area contributed by atoms with Gasteiger partial charge in [0.15, 0.2) is 6.10 Å². The van der Waals surface area contributed by atoms with Crippen molar-refractivity contribution in [3.8, 4) is 0 Å². The van der Waals surface area contributed by atoms with E-state index in [1.165, 1.54) is 6.92 Å². The number of aryl methyl sites for hydroxylation is 1. The number of amides is 3. The van der Waals surface area contributed by atoms with E-state index in [1.54, 1.807) is 36.6 Å². The van der Waals surface area contributed by atoms with Gasteiger partial charge in [0.2, 0.25) is 11.8 Å². The van der Waals surface area contributed by atoms with Crippen LogP contribution in [0.1, 0.15) is 92.8 Å². The number of ether oxygens (including phenoxy) is 2. The van der Waals surface area contributed by atoms with E-state index in [-0.39, 0.29) is 54.6 Å². The second-order valence-electron chi connectivity index (χ2n) is 14.5. The highest BCUT2D eigenvalue weighted by molar-refractivity contribution is 7.09. The molecule has 0 bridgehead atoms. The molecule has 52 heavy (non-hydrogen) atoms. The van der Waals surface area contributed by atoms with Gasteiger partial charge in [0, 0.05) is 62.6 Å². The number of carboxylic acid groups (broad SMARTS) is 1. The van der Waals surface area contributed by atoms with Gasteiger partial charge in [0.05, 0.1) is 25.2 Å². The highest BCUT2D eigenvalue weighted by Crippen LogP contribution is 2.31. The van der Waals surface area contributed by atoms with Crippen molar-refractivity contribution in [2.24, 2.45) is 17.8 Å². The number of nitrogens with zero attached hydrogens (tertiary/aromatic N) is 5. The van der Waals surface area contributed by atoms with Crippen LogP contribution in [-0.4, -0.2) is 118 Å². The molecule has 0 saturated carbocycles. The van der Waals surface area contributed by atoms with Crippen molar-refractivity contribution in [3.63, 3.8) is 0 Å². The maximum Gasteiger partial charge on any atom is 0.306 e. The molecule has 286 valence electrons. The lowest BCUT2D eigenvalue weighted by molar-refractivity contribution is -0.151. The van der Waals surface area contributed by atoms with Gasteiger partial charge < -0.3 is 30.1 Å². The Kier molecular flexibility index (Phi) is 14.6. The first-order valence-corrected chi connectivity index (χ1v) is 18.8. The van der Waals surface area contributed by atoms with Gasteiger partial charge in [-0.1, -0.05) is 27.2 Å². The Labute approximate surface area is 309 Å². The number of nitrogens with one attached hydrogen (secondary N) is 2. The third-order valence-electron chi connectivity index (χ3n) is 9.84. The zero-order valence-electron chi connectivity index (χ0n) is 31.2. The van der Waals surface area contributed by atoms with E-state index >= 15 is 0 Å². The molecule has 6 atom stereocenters. The van der Waals surface area contributed by atoms with Crippen LogP contribution in [0.4, 0.5) is 0 Å². The zero-order valence-corrected chi connectivity index (χ0v) is 32.0. The first-order valence-electron chi connectivity index (χ1n) is 17.9. The predicted octanol–water partition coefficient (Wildman–Crippen LogP) is 2.79. The van der Waals surface area contributed by atoms with Crippen molar-refractivity contribution in [1.82, 2.24) is 35.4 Å². The molecule has 2 aliphatic heterocycles. The monoisotopic (exact) mass is 743 g/mol. The molecular formula is C36H53N7O8S. The SMILES string of the molecule is CC(=O)O[C@H](C[C@H](C(C)C)N(C)C(=O)[C@@H](NC(=O)[C@H]1CCCCN1C)C1COC1)c1nc(C(=O)N[C@@H](Cc2ncc(C)cn2)C[C@H](C)C(=O)O)cs1. The summed E-state index contributed by atoms with van der Waals surface area (Å²) in [6.07, 6.45) is 5.73. The fourth-order valence-corrected chi connectivity index (χ4v) is 7.47. The third kappa shape index (κ3) is 11.0. The van der Waals surface area contributed by atoms with Gasteiger partial charge in [-0.25, -0.2) is 15.0 Å². The smallest absolute Gasteiger partial charge is 0.306 e. The van der Waals surface area contributed by atoms with E-state index in [4.69, 9.17) is 9.47 Å². The van der Waals surface area contributed by atoms with Crippen LogP contribution >= 0.6 is 11.3 Å². The molecule has 4 heterocycles. The van der Waals surface area contributed by atoms with Crippen molar-refractivity contribution < 1.29 is 38.6 Å². The van der Waals surface area contributed by atoms with Crippen LogP contribution < -0.4 is 10.6 Å². The van der Waals surface area contributed by atoms with Gasteiger partial charge >= 0.3 is 11.9 Å². The molecule has 3 N–H and O–H groups in total. The van der Waals surface area contributed by atoms with Crippen molar-refractivity contribution in [2.75, 3.05) is 33.9 Å². The summed E-state index contributed by atoms with van der Waals surface area (Å²) in [4.78, 5) is 81.8. The van der Waals surface area contributed by atoms with Crippen molar-refractivity contribution in [2.45, 2.75) is 103 Å². The quantitative estimate of drug-likeness (QED) is 0.201. The summed E-state index contributed by atoms with van der Waals surface area (Å²) in [6.45, 7) is 10.2. The van der Waals surface area contributed by atoms with Crippen LogP contribution in [0.25, 0.3) is 0 Å². The average Bonchev–Trinajstić information content (AvgIpc) is 3.56. The van der Waals surface area contributed by atoms with Crippen LogP contribution in [0, 0.1) is 24.7 Å². The number of carbonyl (C=O) groups is 5. The fraction of sp³-hybridized carbons (Fsp3) is 0.667. The van der Waals surface area contributed by atoms with E-state index in [0.717, 1.165) is 42.7 Å². The normalized spacial score (nSPS) is 19.4. The maximum atomic E-state index is 14.1. The number of hydrogen-bond acceptors (Lipinski definition) is 12. The van der Waals surface area contributed by atoms with E-state index in [1.807, 2.05) is 32.7 Å². The number of aliphatic carboxylic acids is 1. The number of hydrogen-bond donors (Lipinski definition) is 3. The minimum absolute atomic E-state index is 0.0748. The number of likely N-dealkylation sites (N-methyl/N-ethyl adjacent to an activating group) is 2. The van der Waals surface area contributed by atoms with Crippen molar-refractivity contribution >= 4 is 41.0 Å². The van der Waals surface area contributed by atoms with Gasteiger partial charge in [-0.3, -0.25) is 28.9 Å². The maximum absolute atomic E-state index is 14.1.